The average Bonchev–Trinajstić information content (AvgIpc) is 2.85. The summed E-state index contributed by atoms with van der Waals surface area (Å²) < 4.78 is 0. The van der Waals surface area contributed by atoms with E-state index in [9.17, 15) is 9.90 Å². The Kier molecular flexibility index (Phi) is 3.93. The van der Waals surface area contributed by atoms with Gasteiger partial charge in [0.25, 0.3) is 0 Å². The number of hydrogen-bond acceptors (Lipinski definition) is 2. The topological polar surface area (TPSA) is 49.3 Å². The zero-order valence-electron chi connectivity index (χ0n) is 9.18. The first-order chi connectivity index (χ1) is 6.53. The second-order valence-electron chi connectivity index (χ2n) is 4.67. The zero-order chi connectivity index (χ0) is 10.6. The predicted molar refractivity (Wildman–Crippen MR) is 55.9 cm³/mol. The van der Waals surface area contributed by atoms with Gasteiger partial charge in [-0.05, 0) is 32.1 Å². The minimum Gasteiger partial charge on any atom is -0.388 e. The number of rotatable bonds is 6. The van der Waals surface area contributed by atoms with E-state index in [0.29, 0.717) is 18.9 Å². The third-order valence-electron chi connectivity index (χ3n) is 2.63. The van der Waals surface area contributed by atoms with Crippen molar-refractivity contribution < 1.29 is 9.90 Å². The molecular formula is C11H21NO2. The fourth-order valence-electron chi connectivity index (χ4n) is 1.57. The van der Waals surface area contributed by atoms with Gasteiger partial charge in [0.15, 0.2) is 0 Å². The Morgan fingerprint density at radius 1 is 1.57 bits per heavy atom. The van der Waals surface area contributed by atoms with E-state index in [0.717, 1.165) is 12.8 Å². The molecule has 0 aromatic heterocycles. The first kappa shape index (κ1) is 11.5. The lowest BCUT2D eigenvalue weighted by atomic mass is 10.0. The van der Waals surface area contributed by atoms with Crippen LogP contribution in [0.15, 0.2) is 0 Å². The van der Waals surface area contributed by atoms with Gasteiger partial charge in [0.05, 0.1) is 5.60 Å². The molecule has 1 saturated carbocycles. The highest BCUT2D eigenvalue weighted by Gasteiger charge is 2.25. The molecule has 0 bridgehead atoms. The number of amides is 1. The van der Waals surface area contributed by atoms with Crippen LogP contribution in [0, 0.1) is 5.92 Å². The molecule has 1 unspecified atom stereocenters. The fraction of sp³-hybridized carbons (Fsp3) is 0.909. The molecule has 2 N–H and O–H groups in total. The lowest BCUT2D eigenvalue weighted by Crippen LogP contribution is -2.40. The number of carbonyl (C=O) groups is 1. The summed E-state index contributed by atoms with van der Waals surface area (Å²) in [6.07, 6.45) is 4.70. The molecule has 1 aliphatic carbocycles. The van der Waals surface area contributed by atoms with E-state index in [1.54, 1.807) is 6.92 Å². The maximum absolute atomic E-state index is 11.3. The van der Waals surface area contributed by atoms with E-state index in [1.165, 1.54) is 12.8 Å². The van der Waals surface area contributed by atoms with Crippen molar-refractivity contribution in [2.45, 2.75) is 51.6 Å². The van der Waals surface area contributed by atoms with E-state index in [-0.39, 0.29) is 5.91 Å². The lowest BCUT2D eigenvalue weighted by molar-refractivity contribution is -0.122. The van der Waals surface area contributed by atoms with Gasteiger partial charge in [-0.1, -0.05) is 13.3 Å². The summed E-state index contributed by atoms with van der Waals surface area (Å²) in [6.45, 7) is 4.18. The standard InChI is InChI=1S/C11H21NO2/c1-3-6-11(2,14)8-12-10(13)7-9-4-5-9/h9,14H,3-8H2,1-2H3,(H,12,13). The normalized spacial score (nSPS) is 20.2. The van der Waals surface area contributed by atoms with Crippen molar-refractivity contribution in [1.29, 1.82) is 0 Å². The Morgan fingerprint density at radius 3 is 2.71 bits per heavy atom. The van der Waals surface area contributed by atoms with Crippen LogP contribution in [0.25, 0.3) is 0 Å². The number of nitrogens with one attached hydrogen (secondary N) is 1. The molecule has 1 fully saturated rings. The van der Waals surface area contributed by atoms with Crippen LogP contribution < -0.4 is 5.32 Å². The molecule has 3 nitrogen and oxygen atoms in total. The molecule has 3 heteroatoms. The molecule has 1 aliphatic rings. The lowest BCUT2D eigenvalue weighted by Gasteiger charge is -2.22. The SMILES string of the molecule is CCCC(C)(O)CNC(=O)CC1CC1. The van der Waals surface area contributed by atoms with Crippen molar-refractivity contribution in [3.63, 3.8) is 0 Å². The van der Waals surface area contributed by atoms with Crippen LogP contribution >= 0.6 is 0 Å². The van der Waals surface area contributed by atoms with E-state index in [1.807, 2.05) is 6.92 Å². The van der Waals surface area contributed by atoms with Gasteiger partial charge in [0.1, 0.15) is 0 Å². The maximum atomic E-state index is 11.3. The van der Waals surface area contributed by atoms with Gasteiger partial charge in [-0.2, -0.15) is 0 Å². The quantitative estimate of drug-likeness (QED) is 0.680. The summed E-state index contributed by atoms with van der Waals surface area (Å²) >= 11 is 0. The van der Waals surface area contributed by atoms with Gasteiger partial charge in [0.2, 0.25) is 5.91 Å². The van der Waals surface area contributed by atoms with Crippen molar-refractivity contribution in [2.75, 3.05) is 6.54 Å². The molecule has 14 heavy (non-hydrogen) atoms. The van der Waals surface area contributed by atoms with Crippen molar-refractivity contribution >= 4 is 5.91 Å². The van der Waals surface area contributed by atoms with Gasteiger partial charge < -0.3 is 10.4 Å². The van der Waals surface area contributed by atoms with Crippen LogP contribution in [-0.4, -0.2) is 23.2 Å². The van der Waals surface area contributed by atoms with E-state index in [2.05, 4.69) is 5.32 Å². The average molecular weight is 199 g/mol. The molecule has 0 saturated heterocycles. The monoisotopic (exact) mass is 199 g/mol. The van der Waals surface area contributed by atoms with Crippen molar-refractivity contribution in [1.82, 2.24) is 5.32 Å². The maximum Gasteiger partial charge on any atom is 0.220 e. The van der Waals surface area contributed by atoms with Gasteiger partial charge in [-0.15, -0.1) is 0 Å². The molecule has 0 aromatic carbocycles. The first-order valence-corrected chi connectivity index (χ1v) is 5.52. The van der Waals surface area contributed by atoms with Gasteiger partial charge >= 0.3 is 0 Å². The van der Waals surface area contributed by atoms with Gasteiger partial charge in [0, 0.05) is 13.0 Å². The Labute approximate surface area is 85.9 Å². The Balaban J connectivity index is 2.13. The molecule has 1 amide bonds. The summed E-state index contributed by atoms with van der Waals surface area (Å²) in [6, 6.07) is 0. The Morgan fingerprint density at radius 2 is 2.21 bits per heavy atom. The minimum absolute atomic E-state index is 0.0869. The largest absolute Gasteiger partial charge is 0.388 e. The summed E-state index contributed by atoms with van der Waals surface area (Å²) in [5.74, 6) is 0.704. The predicted octanol–water partition coefficient (Wildman–Crippen LogP) is 1.45. The van der Waals surface area contributed by atoms with E-state index >= 15 is 0 Å². The van der Waals surface area contributed by atoms with Crippen molar-refractivity contribution in [2.24, 2.45) is 5.92 Å². The summed E-state index contributed by atoms with van der Waals surface area (Å²) in [4.78, 5) is 11.3. The number of hydrogen-bond donors (Lipinski definition) is 2. The third-order valence-corrected chi connectivity index (χ3v) is 2.63. The van der Waals surface area contributed by atoms with Gasteiger partial charge in [-0.3, -0.25) is 4.79 Å². The van der Waals surface area contributed by atoms with Crippen LogP contribution in [-0.2, 0) is 4.79 Å². The Bertz CT molecular complexity index is 197. The summed E-state index contributed by atoms with van der Waals surface area (Å²) in [5.41, 5.74) is -0.742. The molecule has 0 aliphatic heterocycles. The van der Waals surface area contributed by atoms with Crippen LogP contribution in [0.1, 0.15) is 46.0 Å². The molecule has 0 heterocycles. The molecule has 0 spiro atoms. The number of aliphatic hydroxyl groups is 1. The van der Waals surface area contributed by atoms with Crippen LogP contribution in [0.2, 0.25) is 0 Å². The summed E-state index contributed by atoms with van der Waals surface area (Å²) in [7, 11) is 0. The zero-order valence-corrected chi connectivity index (χ0v) is 9.18. The fourth-order valence-corrected chi connectivity index (χ4v) is 1.57. The van der Waals surface area contributed by atoms with E-state index < -0.39 is 5.60 Å². The third kappa shape index (κ3) is 4.61. The van der Waals surface area contributed by atoms with Crippen molar-refractivity contribution in [3.05, 3.63) is 0 Å². The minimum atomic E-state index is -0.742. The van der Waals surface area contributed by atoms with Crippen LogP contribution in [0.4, 0.5) is 0 Å². The van der Waals surface area contributed by atoms with Crippen LogP contribution in [0.3, 0.4) is 0 Å². The molecule has 1 atom stereocenters. The second-order valence-corrected chi connectivity index (χ2v) is 4.67. The van der Waals surface area contributed by atoms with Crippen molar-refractivity contribution in [3.8, 4) is 0 Å². The molecule has 0 radical (unpaired) electrons. The Hall–Kier alpha value is -0.570. The highest BCUT2D eigenvalue weighted by atomic mass is 16.3. The number of carbonyl (C=O) groups excluding carboxylic acids is 1. The smallest absolute Gasteiger partial charge is 0.220 e. The van der Waals surface area contributed by atoms with E-state index in [4.69, 9.17) is 0 Å². The highest BCUT2D eigenvalue weighted by Crippen LogP contribution is 2.32. The second kappa shape index (κ2) is 4.78. The molecule has 1 rings (SSSR count). The highest BCUT2D eigenvalue weighted by molar-refractivity contribution is 5.76. The summed E-state index contributed by atoms with van der Waals surface area (Å²) in [5, 5.41) is 12.6. The molecular weight excluding hydrogens is 178 g/mol. The van der Waals surface area contributed by atoms with Crippen LogP contribution in [0.5, 0.6) is 0 Å². The van der Waals surface area contributed by atoms with Gasteiger partial charge in [-0.25, -0.2) is 0 Å². The molecule has 0 aromatic rings. The first-order valence-electron chi connectivity index (χ1n) is 5.52. The molecule has 82 valence electrons.